The quantitative estimate of drug-likeness (QED) is 0.827. The maximum atomic E-state index is 12.2. The van der Waals surface area contributed by atoms with Crippen LogP contribution in [0.2, 0.25) is 5.02 Å². The minimum absolute atomic E-state index is 0.158. The monoisotopic (exact) mass is 312 g/mol. The number of hydrogen-bond acceptors (Lipinski definition) is 5. The van der Waals surface area contributed by atoms with Crippen LogP contribution >= 0.6 is 11.6 Å². The maximum Gasteiger partial charge on any atom is 0.327 e. The number of rotatable bonds is 5. The molecule has 1 N–H and O–H groups in total. The SMILES string of the molecule is COC(=O)C(c1ccccc1Cl)N1CCN(CCO)CC1. The molecular weight excluding hydrogens is 292 g/mol. The standard InChI is InChI=1S/C15H21ClN2O3/c1-21-15(20)14(12-4-2-3-5-13(12)16)18-8-6-17(7-9-18)10-11-19/h2-5,14,19H,6-11H2,1H3. The first-order valence-corrected chi connectivity index (χ1v) is 7.44. The molecule has 1 saturated heterocycles. The van der Waals surface area contributed by atoms with Gasteiger partial charge in [-0.05, 0) is 11.6 Å². The van der Waals surface area contributed by atoms with E-state index in [1.165, 1.54) is 7.11 Å². The number of carbonyl (C=O) groups excluding carboxylic acids is 1. The number of aliphatic hydroxyl groups is 1. The Morgan fingerprint density at radius 3 is 2.57 bits per heavy atom. The van der Waals surface area contributed by atoms with Gasteiger partial charge in [-0.1, -0.05) is 29.8 Å². The summed E-state index contributed by atoms with van der Waals surface area (Å²) in [6, 6.07) is 6.90. The van der Waals surface area contributed by atoms with Crippen molar-refractivity contribution in [3.05, 3.63) is 34.9 Å². The number of benzene rings is 1. The van der Waals surface area contributed by atoms with E-state index < -0.39 is 6.04 Å². The summed E-state index contributed by atoms with van der Waals surface area (Å²) in [5, 5.41) is 9.56. The van der Waals surface area contributed by atoms with Crippen molar-refractivity contribution in [1.29, 1.82) is 0 Å². The summed E-state index contributed by atoms with van der Waals surface area (Å²) in [5.74, 6) is -0.293. The van der Waals surface area contributed by atoms with Crippen molar-refractivity contribution < 1.29 is 14.6 Å². The molecule has 6 heteroatoms. The molecule has 1 aliphatic heterocycles. The molecule has 1 unspecified atom stereocenters. The summed E-state index contributed by atoms with van der Waals surface area (Å²) in [4.78, 5) is 16.5. The van der Waals surface area contributed by atoms with Gasteiger partial charge in [0, 0.05) is 37.7 Å². The molecule has 0 radical (unpaired) electrons. The molecule has 0 amide bonds. The molecule has 0 aliphatic carbocycles. The number of piperazine rings is 1. The predicted octanol–water partition coefficient (Wildman–Crippen LogP) is 1.16. The van der Waals surface area contributed by atoms with E-state index in [0.29, 0.717) is 11.6 Å². The Labute approximate surface area is 130 Å². The fraction of sp³-hybridized carbons (Fsp3) is 0.533. The second-order valence-electron chi connectivity index (χ2n) is 5.05. The van der Waals surface area contributed by atoms with Crippen LogP contribution in [0.15, 0.2) is 24.3 Å². The minimum Gasteiger partial charge on any atom is -0.468 e. The van der Waals surface area contributed by atoms with Crippen LogP contribution < -0.4 is 0 Å². The molecule has 1 fully saturated rings. The first kappa shape index (κ1) is 16.2. The molecule has 1 aromatic rings. The Morgan fingerprint density at radius 1 is 1.33 bits per heavy atom. The molecule has 0 aromatic heterocycles. The first-order chi connectivity index (χ1) is 10.2. The lowest BCUT2D eigenvalue weighted by Crippen LogP contribution is -2.50. The molecule has 2 rings (SSSR count). The summed E-state index contributed by atoms with van der Waals surface area (Å²) in [5.41, 5.74) is 0.779. The summed E-state index contributed by atoms with van der Waals surface area (Å²) in [6.45, 7) is 3.95. The summed E-state index contributed by atoms with van der Waals surface area (Å²) in [6.07, 6.45) is 0. The fourth-order valence-corrected chi connectivity index (χ4v) is 2.91. The fourth-order valence-electron chi connectivity index (χ4n) is 2.67. The normalized spacial score (nSPS) is 18.4. The van der Waals surface area contributed by atoms with Gasteiger partial charge in [-0.3, -0.25) is 9.80 Å². The van der Waals surface area contributed by atoms with Crippen LogP contribution in [0.1, 0.15) is 11.6 Å². The summed E-state index contributed by atoms with van der Waals surface area (Å²) < 4.78 is 4.96. The van der Waals surface area contributed by atoms with E-state index in [1.807, 2.05) is 18.2 Å². The van der Waals surface area contributed by atoms with E-state index in [9.17, 15) is 4.79 Å². The number of nitrogens with zero attached hydrogens (tertiary/aromatic N) is 2. The van der Waals surface area contributed by atoms with Crippen LogP contribution in [0.25, 0.3) is 0 Å². The third-order valence-electron chi connectivity index (χ3n) is 3.81. The second kappa shape index (κ2) is 7.75. The van der Waals surface area contributed by atoms with Gasteiger partial charge in [-0.15, -0.1) is 0 Å². The molecular formula is C15H21ClN2O3. The number of esters is 1. The topological polar surface area (TPSA) is 53.0 Å². The highest BCUT2D eigenvalue weighted by molar-refractivity contribution is 6.31. The van der Waals surface area contributed by atoms with Crippen molar-refractivity contribution in [2.24, 2.45) is 0 Å². The van der Waals surface area contributed by atoms with Crippen molar-refractivity contribution in [3.63, 3.8) is 0 Å². The zero-order valence-electron chi connectivity index (χ0n) is 12.2. The van der Waals surface area contributed by atoms with E-state index in [0.717, 1.165) is 31.7 Å². The molecule has 1 aromatic carbocycles. The molecule has 0 bridgehead atoms. The molecule has 5 nitrogen and oxygen atoms in total. The van der Waals surface area contributed by atoms with Crippen molar-refractivity contribution in [2.75, 3.05) is 46.4 Å². The zero-order valence-corrected chi connectivity index (χ0v) is 12.9. The number of carbonyl (C=O) groups is 1. The highest BCUT2D eigenvalue weighted by Gasteiger charge is 2.32. The Balaban J connectivity index is 2.15. The molecule has 1 heterocycles. The van der Waals surface area contributed by atoms with Gasteiger partial charge in [0.25, 0.3) is 0 Å². The molecule has 1 atom stereocenters. The third-order valence-corrected chi connectivity index (χ3v) is 4.16. The number of aliphatic hydroxyl groups excluding tert-OH is 1. The van der Waals surface area contributed by atoms with Crippen LogP contribution in [-0.2, 0) is 9.53 Å². The van der Waals surface area contributed by atoms with Crippen molar-refractivity contribution in [3.8, 4) is 0 Å². The van der Waals surface area contributed by atoms with Crippen molar-refractivity contribution in [2.45, 2.75) is 6.04 Å². The number of hydrogen-bond donors (Lipinski definition) is 1. The Kier molecular flexibility index (Phi) is 5.99. The second-order valence-corrected chi connectivity index (χ2v) is 5.46. The summed E-state index contributed by atoms with van der Waals surface area (Å²) >= 11 is 6.24. The molecule has 0 spiro atoms. The van der Waals surface area contributed by atoms with Crippen LogP contribution in [-0.4, -0.2) is 67.3 Å². The average Bonchev–Trinajstić information content (AvgIpc) is 2.51. The van der Waals surface area contributed by atoms with Crippen LogP contribution in [0.3, 0.4) is 0 Å². The molecule has 116 valence electrons. The first-order valence-electron chi connectivity index (χ1n) is 7.07. The van der Waals surface area contributed by atoms with Gasteiger partial charge >= 0.3 is 5.97 Å². The van der Waals surface area contributed by atoms with E-state index in [4.69, 9.17) is 21.4 Å². The Hall–Kier alpha value is -1.14. The molecule has 0 saturated carbocycles. The van der Waals surface area contributed by atoms with Crippen LogP contribution in [0.5, 0.6) is 0 Å². The lowest BCUT2D eigenvalue weighted by atomic mass is 10.0. The minimum atomic E-state index is -0.472. The maximum absolute atomic E-state index is 12.2. The van der Waals surface area contributed by atoms with Gasteiger partial charge in [0.2, 0.25) is 0 Å². The lowest BCUT2D eigenvalue weighted by molar-refractivity contribution is -0.148. The van der Waals surface area contributed by atoms with Crippen LogP contribution in [0.4, 0.5) is 0 Å². The van der Waals surface area contributed by atoms with Crippen molar-refractivity contribution >= 4 is 17.6 Å². The van der Waals surface area contributed by atoms with E-state index in [2.05, 4.69) is 9.80 Å². The van der Waals surface area contributed by atoms with E-state index in [1.54, 1.807) is 6.07 Å². The van der Waals surface area contributed by atoms with Gasteiger partial charge in [0.15, 0.2) is 0 Å². The lowest BCUT2D eigenvalue weighted by Gasteiger charge is -2.38. The number of methoxy groups -OCH3 is 1. The van der Waals surface area contributed by atoms with Gasteiger partial charge in [-0.25, -0.2) is 4.79 Å². The van der Waals surface area contributed by atoms with Gasteiger partial charge in [-0.2, -0.15) is 0 Å². The molecule has 21 heavy (non-hydrogen) atoms. The average molecular weight is 313 g/mol. The van der Waals surface area contributed by atoms with Gasteiger partial charge < -0.3 is 9.84 Å². The van der Waals surface area contributed by atoms with Crippen LogP contribution in [0, 0.1) is 0 Å². The Bertz CT molecular complexity index is 476. The van der Waals surface area contributed by atoms with Gasteiger partial charge in [0.05, 0.1) is 13.7 Å². The van der Waals surface area contributed by atoms with Crippen molar-refractivity contribution in [1.82, 2.24) is 9.80 Å². The number of β-amino-alcohol motifs (C(OH)–C–C–N with tert-alkyl or cyclic N) is 1. The summed E-state index contributed by atoms with van der Waals surface area (Å²) in [7, 11) is 1.40. The highest BCUT2D eigenvalue weighted by Crippen LogP contribution is 2.29. The smallest absolute Gasteiger partial charge is 0.327 e. The highest BCUT2D eigenvalue weighted by atomic mass is 35.5. The third kappa shape index (κ3) is 3.95. The zero-order chi connectivity index (χ0) is 15.2. The van der Waals surface area contributed by atoms with E-state index in [-0.39, 0.29) is 12.6 Å². The largest absolute Gasteiger partial charge is 0.468 e. The number of ether oxygens (including phenoxy) is 1. The number of halogens is 1. The Morgan fingerprint density at radius 2 is 2.00 bits per heavy atom. The van der Waals surface area contributed by atoms with E-state index >= 15 is 0 Å². The molecule has 1 aliphatic rings. The predicted molar refractivity (Wildman–Crippen MR) is 81.3 cm³/mol. The van der Waals surface area contributed by atoms with Gasteiger partial charge in [0.1, 0.15) is 6.04 Å².